The molecule has 0 aliphatic carbocycles. The van der Waals surface area contributed by atoms with Crippen LogP contribution in [0.25, 0.3) is 0 Å². The summed E-state index contributed by atoms with van der Waals surface area (Å²) in [4.78, 5) is 26.4. The molecule has 0 radical (unpaired) electrons. The Labute approximate surface area is 170 Å². The van der Waals surface area contributed by atoms with Crippen LogP contribution in [0.15, 0.2) is 54.6 Å². The van der Waals surface area contributed by atoms with Crippen LogP contribution in [0.3, 0.4) is 0 Å². The Hall–Kier alpha value is -3.06. The van der Waals surface area contributed by atoms with Gasteiger partial charge in [0, 0.05) is 24.5 Å². The molecule has 1 N–H and O–H groups in total. The average molecular weight is 398 g/mol. The van der Waals surface area contributed by atoms with Crippen LogP contribution in [0.1, 0.15) is 13.3 Å². The summed E-state index contributed by atoms with van der Waals surface area (Å²) in [6, 6.07) is 16.8. The van der Waals surface area contributed by atoms with Gasteiger partial charge in [-0.25, -0.2) is 0 Å². The van der Waals surface area contributed by atoms with Gasteiger partial charge in [-0.1, -0.05) is 18.2 Å². The third-order valence-electron chi connectivity index (χ3n) is 4.51. The largest absolute Gasteiger partial charge is 0.493 e. The lowest BCUT2D eigenvalue weighted by Gasteiger charge is -2.28. The minimum atomic E-state index is -0.891. The Balaban J connectivity index is 1.40. The highest BCUT2D eigenvalue weighted by Crippen LogP contribution is 2.19. The minimum Gasteiger partial charge on any atom is -0.493 e. The Morgan fingerprint density at radius 1 is 1.07 bits per heavy atom. The Morgan fingerprint density at radius 2 is 1.76 bits per heavy atom. The molecule has 0 aromatic heterocycles. The van der Waals surface area contributed by atoms with E-state index >= 15 is 0 Å². The summed E-state index contributed by atoms with van der Waals surface area (Å²) >= 11 is 0. The first kappa shape index (κ1) is 20.7. The molecular weight excluding hydrogens is 372 g/mol. The standard InChI is InChI=1S/C22H26N2O5/c1-17(29-21(25)11-14-28-20-5-3-2-4-6-20)22(26)23-18-7-9-19(10-8-18)24-12-15-27-16-13-24/h2-10,17H,11-16H2,1H3,(H,23,26)/t17-/m0/s1. The number of hydrogen-bond acceptors (Lipinski definition) is 6. The molecule has 1 atom stereocenters. The summed E-state index contributed by atoms with van der Waals surface area (Å²) in [5.74, 6) is -0.167. The van der Waals surface area contributed by atoms with Gasteiger partial charge < -0.3 is 24.4 Å². The summed E-state index contributed by atoms with van der Waals surface area (Å²) in [5.41, 5.74) is 1.74. The normalized spacial score (nSPS) is 14.7. The van der Waals surface area contributed by atoms with Crippen LogP contribution in [0.5, 0.6) is 5.75 Å². The van der Waals surface area contributed by atoms with Crippen molar-refractivity contribution < 1.29 is 23.8 Å². The molecule has 1 saturated heterocycles. The van der Waals surface area contributed by atoms with E-state index in [1.165, 1.54) is 0 Å². The number of ether oxygens (including phenoxy) is 3. The maximum atomic E-state index is 12.3. The number of benzene rings is 2. The second-order valence-corrected chi connectivity index (χ2v) is 6.68. The molecule has 2 aromatic carbocycles. The van der Waals surface area contributed by atoms with E-state index in [-0.39, 0.29) is 18.9 Å². The first-order valence-corrected chi connectivity index (χ1v) is 9.73. The number of nitrogens with zero attached hydrogens (tertiary/aromatic N) is 1. The summed E-state index contributed by atoms with van der Waals surface area (Å²) in [7, 11) is 0. The zero-order valence-electron chi connectivity index (χ0n) is 16.5. The highest BCUT2D eigenvalue weighted by Gasteiger charge is 2.18. The molecule has 1 aliphatic rings. The molecule has 1 heterocycles. The van der Waals surface area contributed by atoms with Crippen LogP contribution in [-0.4, -0.2) is 50.9 Å². The van der Waals surface area contributed by atoms with Gasteiger partial charge in [-0.3, -0.25) is 9.59 Å². The fourth-order valence-electron chi connectivity index (χ4n) is 2.90. The number of rotatable bonds is 8. The lowest BCUT2D eigenvalue weighted by molar-refractivity contribution is -0.153. The number of amides is 1. The Morgan fingerprint density at radius 3 is 2.45 bits per heavy atom. The van der Waals surface area contributed by atoms with E-state index in [0.29, 0.717) is 11.4 Å². The molecule has 0 saturated carbocycles. The van der Waals surface area contributed by atoms with Crippen molar-refractivity contribution >= 4 is 23.3 Å². The zero-order chi connectivity index (χ0) is 20.5. The van der Waals surface area contributed by atoms with Gasteiger partial charge in [0.2, 0.25) is 0 Å². The molecule has 0 bridgehead atoms. The Bertz CT molecular complexity index is 789. The zero-order valence-corrected chi connectivity index (χ0v) is 16.5. The fraction of sp³-hybridized carbons (Fsp3) is 0.364. The molecule has 1 amide bonds. The van der Waals surface area contributed by atoms with Crippen LogP contribution in [0.4, 0.5) is 11.4 Å². The van der Waals surface area contributed by atoms with Crippen molar-refractivity contribution in [3.05, 3.63) is 54.6 Å². The third kappa shape index (κ3) is 6.50. The Kier molecular flexibility index (Phi) is 7.47. The predicted molar refractivity (Wildman–Crippen MR) is 110 cm³/mol. The molecule has 3 rings (SSSR count). The molecular formula is C22H26N2O5. The van der Waals surface area contributed by atoms with Gasteiger partial charge in [0.15, 0.2) is 6.10 Å². The van der Waals surface area contributed by atoms with Gasteiger partial charge in [0.25, 0.3) is 5.91 Å². The number of morpholine rings is 1. The first-order chi connectivity index (χ1) is 14.1. The van der Waals surface area contributed by atoms with E-state index in [4.69, 9.17) is 14.2 Å². The molecule has 2 aromatic rings. The van der Waals surface area contributed by atoms with E-state index in [2.05, 4.69) is 10.2 Å². The average Bonchev–Trinajstić information content (AvgIpc) is 2.75. The first-order valence-electron chi connectivity index (χ1n) is 9.73. The van der Waals surface area contributed by atoms with Crippen LogP contribution in [0, 0.1) is 0 Å². The number of esters is 1. The number of hydrogen-bond donors (Lipinski definition) is 1. The molecule has 1 fully saturated rings. The van der Waals surface area contributed by atoms with Crippen molar-refractivity contribution in [1.29, 1.82) is 0 Å². The number of para-hydroxylation sites is 1. The quantitative estimate of drug-likeness (QED) is 0.689. The van der Waals surface area contributed by atoms with E-state index < -0.39 is 12.1 Å². The molecule has 7 heteroatoms. The maximum absolute atomic E-state index is 12.3. The molecule has 1 aliphatic heterocycles. The summed E-state index contributed by atoms with van der Waals surface area (Å²) in [6.45, 7) is 4.89. The highest BCUT2D eigenvalue weighted by molar-refractivity contribution is 5.95. The number of anilines is 2. The fourth-order valence-corrected chi connectivity index (χ4v) is 2.90. The van der Waals surface area contributed by atoms with Crippen molar-refractivity contribution in [2.75, 3.05) is 43.1 Å². The lowest BCUT2D eigenvalue weighted by Crippen LogP contribution is -2.36. The second kappa shape index (κ2) is 10.5. The molecule has 29 heavy (non-hydrogen) atoms. The van der Waals surface area contributed by atoms with E-state index in [1.807, 2.05) is 54.6 Å². The van der Waals surface area contributed by atoms with Gasteiger partial charge in [0.05, 0.1) is 26.2 Å². The van der Waals surface area contributed by atoms with Gasteiger partial charge in [-0.2, -0.15) is 0 Å². The lowest BCUT2D eigenvalue weighted by atomic mass is 10.2. The summed E-state index contributed by atoms with van der Waals surface area (Å²) in [5, 5.41) is 2.77. The van der Waals surface area contributed by atoms with Crippen molar-refractivity contribution in [1.82, 2.24) is 0 Å². The number of nitrogens with one attached hydrogen (secondary N) is 1. The van der Waals surface area contributed by atoms with Gasteiger partial charge >= 0.3 is 5.97 Å². The highest BCUT2D eigenvalue weighted by atomic mass is 16.5. The van der Waals surface area contributed by atoms with Crippen molar-refractivity contribution in [3.63, 3.8) is 0 Å². The molecule has 7 nitrogen and oxygen atoms in total. The van der Waals surface area contributed by atoms with E-state index in [9.17, 15) is 9.59 Å². The second-order valence-electron chi connectivity index (χ2n) is 6.68. The van der Waals surface area contributed by atoms with Crippen LogP contribution < -0.4 is 15.0 Å². The van der Waals surface area contributed by atoms with Crippen LogP contribution >= 0.6 is 0 Å². The third-order valence-corrected chi connectivity index (χ3v) is 4.51. The molecule has 0 unspecified atom stereocenters. The van der Waals surface area contributed by atoms with Crippen molar-refractivity contribution in [3.8, 4) is 5.75 Å². The van der Waals surface area contributed by atoms with Gasteiger partial charge in [-0.15, -0.1) is 0 Å². The summed E-state index contributed by atoms with van der Waals surface area (Å²) in [6.07, 6.45) is -0.820. The van der Waals surface area contributed by atoms with Crippen LogP contribution in [0.2, 0.25) is 0 Å². The number of carbonyl (C=O) groups is 2. The molecule has 154 valence electrons. The predicted octanol–water partition coefficient (Wildman–Crippen LogP) is 2.86. The SMILES string of the molecule is C[C@H](OC(=O)CCOc1ccccc1)C(=O)Nc1ccc(N2CCOCC2)cc1. The van der Waals surface area contributed by atoms with Gasteiger partial charge in [0.1, 0.15) is 5.75 Å². The van der Waals surface area contributed by atoms with E-state index in [0.717, 1.165) is 32.0 Å². The van der Waals surface area contributed by atoms with Gasteiger partial charge in [-0.05, 0) is 43.3 Å². The number of carbonyl (C=O) groups excluding carboxylic acids is 2. The smallest absolute Gasteiger partial charge is 0.310 e. The van der Waals surface area contributed by atoms with Crippen LogP contribution in [-0.2, 0) is 19.1 Å². The topological polar surface area (TPSA) is 77.1 Å². The van der Waals surface area contributed by atoms with E-state index in [1.54, 1.807) is 6.92 Å². The monoisotopic (exact) mass is 398 g/mol. The minimum absolute atomic E-state index is 0.0702. The van der Waals surface area contributed by atoms with Crippen molar-refractivity contribution in [2.24, 2.45) is 0 Å². The molecule has 0 spiro atoms. The summed E-state index contributed by atoms with van der Waals surface area (Å²) < 4.78 is 16.0. The maximum Gasteiger partial charge on any atom is 0.310 e. The van der Waals surface area contributed by atoms with Crippen molar-refractivity contribution in [2.45, 2.75) is 19.4 Å².